The molecule has 1 spiro atoms. The average molecular weight is 228 g/mol. The fourth-order valence-corrected chi connectivity index (χ4v) is 3.03. The van der Waals surface area contributed by atoms with Crippen molar-refractivity contribution in [3.63, 3.8) is 0 Å². The van der Waals surface area contributed by atoms with Crippen LogP contribution in [-0.2, 0) is 0 Å². The number of rotatable bonds is 2. The van der Waals surface area contributed by atoms with Gasteiger partial charge in [-0.1, -0.05) is 19.3 Å². The van der Waals surface area contributed by atoms with Crippen molar-refractivity contribution >= 4 is 5.82 Å². The molecule has 0 saturated heterocycles. The Morgan fingerprint density at radius 3 is 2.88 bits per heavy atom. The molecule has 17 heavy (non-hydrogen) atoms. The molecule has 0 radical (unpaired) electrons. The number of hydrogen-bond donors (Lipinski definition) is 1. The largest absolute Gasteiger partial charge is 0.365 e. The Bertz CT molecular complexity index is 457. The average Bonchev–Trinajstić information content (AvgIpc) is 3.02. The molecule has 0 bridgehead atoms. The first-order valence-corrected chi connectivity index (χ1v) is 6.31. The fraction of sp³-hybridized carbons (Fsp3) is 0.615. The minimum absolute atomic E-state index is 0.383. The second kappa shape index (κ2) is 3.99. The second-order valence-corrected chi connectivity index (χ2v) is 5.23. The molecule has 1 aromatic rings. The van der Waals surface area contributed by atoms with E-state index < -0.39 is 0 Å². The van der Waals surface area contributed by atoms with Gasteiger partial charge in [-0.15, -0.1) is 0 Å². The minimum atomic E-state index is 0.383. The summed E-state index contributed by atoms with van der Waals surface area (Å²) in [7, 11) is 0. The van der Waals surface area contributed by atoms with Crippen LogP contribution in [0, 0.1) is 16.7 Å². The number of nitriles is 1. The molecule has 2 aliphatic carbocycles. The number of aromatic nitrogens is 2. The summed E-state index contributed by atoms with van der Waals surface area (Å²) >= 11 is 0. The smallest absolute Gasteiger partial charge is 0.161 e. The van der Waals surface area contributed by atoms with Crippen molar-refractivity contribution in [3.05, 3.63) is 18.1 Å². The van der Waals surface area contributed by atoms with E-state index in [1.54, 1.807) is 6.20 Å². The van der Waals surface area contributed by atoms with Gasteiger partial charge >= 0.3 is 0 Å². The van der Waals surface area contributed by atoms with Crippen LogP contribution >= 0.6 is 0 Å². The summed E-state index contributed by atoms with van der Waals surface area (Å²) < 4.78 is 0. The van der Waals surface area contributed by atoms with Crippen LogP contribution in [0.3, 0.4) is 0 Å². The maximum Gasteiger partial charge on any atom is 0.161 e. The molecule has 2 aliphatic rings. The van der Waals surface area contributed by atoms with E-state index in [-0.39, 0.29) is 0 Å². The van der Waals surface area contributed by atoms with Crippen LogP contribution in [-0.4, -0.2) is 16.0 Å². The first-order valence-electron chi connectivity index (χ1n) is 6.31. The number of hydrogen-bond acceptors (Lipinski definition) is 4. The van der Waals surface area contributed by atoms with Gasteiger partial charge in [0.25, 0.3) is 0 Å². The van der Waals surface area contributed by atoms with Gasteiger partial charge in [0.15, 0.2) is 5.69 Å². The summed E-state index contributed by atoms with van der Waals surface area (Å²) in [5.41, 5.74) is 0.913. The van der Waals surface area contributed by atoms with Gasteiger partial charge in [-0.2, -0.15) is 5.26 Å². The highest BCUT2D eigenvalue weighted by Gasteiger charge is 2.53. The van der Waals surface area contributed by atoms with E-state index in [0.717, 1.165) is 5.82 Å². The van der Waals surface area contributed by atoms with E-state index in [2.05, 4.69) is 15.3 Å². The van der Waals surface area contributed by atoms with Crippen LogP contribution in [0.1, 0.15) is 44.2 Å². The predicted octanol–water partition coefficient (Wildman–Crippen LogP) is 2.48. The van der Waals surface area contributed by atoms with Gasteiger partial charge in [0.2, 0.25) is 0 Å². The molecule has 1 aromatic heterocycles. The van der Waals surface area contributed by atoms with Crippen LogP contribution in [0.2, 0.25) is 0 Å². The summed E-state index contributed by atoms with van der Waals surface area (Å²) in [6.07, 6.45) is 11.3. The van der Waals surface area contributed by atoms with Crippen molar-refractivity contribution in [1.82, 2.24) is 9.97 Å². The Morgan fingerprint density at radius 1 is 1.29 bits per heavy atom. The predicted molar refractivity (Wildman–Crippen MR) is 64.3 cm³/mol. The molecule has 2 fully saturated rings. The van der Waals surface area contributed by atoms with Gasteiger partial charge in [-0.3, -0.25) is 4.98 Å². The summed E-state index contributed by atoms with van der Waals surface area (Å²) in [6.45, 7) is 0. The van der Waals surface area contributed by atoms with Crippen LogP contribution in [0.5, 0.6) is 0 Å². The molecule has 3 rings (SSSR count). The molecule has 1 atom stereocenters. The van der Waals surface area contributed by atoms with E-state index in [1.807, 2.05) is 6.07 Å². The first-order chi connectivity index (χ1) is 8.32. The molecule has 2 saturated carbocycles. The highest BCUT2D eigenvalue weighted by atomic mass is 15.1. The van der Waals surface area contributed by atoms with Gasteiger partial charge in [0.05, 0.1) is 12.4 Å². The molecule has 0 amide bonds. The minimum Gasteiger partial charge on any atom is -0.365 e. The van der Waals surface area contributed by atoms with E-state index in [9.17, 15) is 0 Å². The molecule has 1 N–H and O–H groups in total. The third-order valence-electron chi connectivity index (χ3n) is 4.11. The van der Waals surface area contributed by atoms with Crippen LogP contribution < -0.4 is 5.32 Å². The zero-order valence-corrected chi connectivity index (χ0v) is 9.82. The van der Waals surface area contributed by atoms with Crippen molar-refractivity contribution in [2.24, 2.45) is 5.41 Å². The van der Waals surface area contributed by atoms with Crippen molar-refractivity contribution in [2.45, 2.75) is 44.6 Å². The SMILES string of the molecule is N#Cc1cncc(NC2CC23CCCCC3)n1. The molecule has 1 unspecified atom stereocenters. The Hall–Kier alpha value is -1.63. The van der Waals surface area contributed by atoms with Gasteiger partial charge in [0, 0.05) is 6.04 Å². The molecular formula is C13H16N4. The van der Waals surface area contributed by atoms with Crippen LogP contribution in [0.25, 0.3) is 0 Å². The van der Waals surface area contributed by atoms with Crippen molar-refractivity contribution in [3.8, 4) is 6.07 Å². The molecule has 4 heteroatoms. The number of nitrogens with zero attached hydrogens (tertiary/aromatic N) is 3. The number of anilines is 1. The van der Waals surface area contributed by atoms with Gasteiger partial charge in [-0.05, 0) is 24.7 Å². The van der Waals surface area contributed by atoms with Crippen molar-refractivity contribution in [1.29, 1.82) is 5.26 Å². The third kappa shape index (κ3) is 1.97. The van der Waals surface area contributed by atoms with Crippen LogP contribution in [0.4, 0.5) is 5.82 Å². The topological polar surface area (TPSA) is 61.6 Å². The van der Waals surface area contributed by atoms with E-state index in [4.69, 9.17) is 5.26 Å². The lowest BCUT2D eigenvalue weighted by Crippen LogP contribution is -2.17. The van der Waals surface area contributed by atoms with Crippen LogP contribution in [0.15, 0.2) is 12.4 Å². The Kier molecular flexibility index (Phi) is 2.47. The summed E-state index contributed by atoms with van der Waals surface area (Å²) in [5.74, 6) is 0.747. The lowest BCUT2D eigenvalue weighted by Gasteiger charge is -2.22. The maximum atomic E-state index is 8.77. The lowest BCUT2D eigenvalue weighted by molar-refractivity contribution is 0.330. The molecule has 4 nitrogen and oxygen atoms in total. The first kappa shape index (κ1) is 10.5. The Labute approximate surface area is 101 Å². The Morgan fingerprint density at radius 2 is 2.12 bits per heavy atom. The summed E-state index contributed by atoms with van der Waals surface area (Å²) in [4.78, 5) is 8.24. The Balaban J connectivity index is 1.67. The molecule has 88 valence electrons. The highest BCUT2D eigenvalue weighted by Crippen LogP contribution is 2.57. The van der Waals surface area contributed by atoms with Gasteiger partial charge in [0.1, 0.15) is 11.9 Å². The van der Waals surface area contributed by atoms with E-state index in [1.165, 1.54) is 44.7 Å². The third-order valence-corrected chi connectivity index (χ3v) is 4.11. The molecular weight excluding hydrogens is 212 g/mol. The van der Waals surface area contributed by atoms with E-state index in [0.29, 0.717) is 17.2 Å². The molecule has 0 aromatic carbocycles. The molecule has 1 heterocycles. The standard InChI is InChI=1S/C13H16N4/c14-7-10-8-15-9-12(16-10)17-11-6-13(11)4-2-1-3-5-13/h8-9,11H,1-6H2,(H,16,17). The van der Waals surface area contributed by atoms with Gasteiger partial charge in [-0.25, -0.2) is 4.98 Å². The molecule has 0 aliphatic heterocycles. The quantitative estimate of drug-likeness (QED) is 0.844. The lowest BCUT2D eigenvalue weighted by atomic mass is 9.86. The van der Waals surface area contributed by atoms with Crippen molar-refractivity contribution in [2.75, 3.05) is 5.32 Å². The second-order valence-electron chi connectivity index (χ2n) is 5.23. The summed E-state index contributed by atoms with van der Waals surface area (Å²) in [5, 5.41) is 12.2. The zero-order valence-electron chi connectivity index (χ0n) is 9.82. The zero-order chi connectivity index (χ0) is 11.7. The van der Waals surface area contributed by atoms with Gasteiger partial charge < -0.3 is 5.32 Å². The maximum absolute atomic E-state index is 8.77. The van der Waals surface area contributed by atoms with E-state index >= 15 is 0 Å². The van der Waals surface area contributed by atoms with Crippen molar-refractivity contribution < 1.29 is 0 Å². The highest BCUT2D eigenvalue weighted by molar-refractivity contribution is 5.39. The number of nitrogens with one attached hydrogen (secondary N) is 1. The summed E-state index contributed by atoms with van der Waals surface area (Å²) in [6, 6.07) is 2.57. The normalized spacial score (nSPS) is 25.2. The fourth-order valence-electron chi connectivity index (χ4n) is 3.03. The monoisotopic (exact) mass is 228 g/mol.